The van der Waals surface area contributed by atoms with Gasteiger partial charge in [-0.05, 0) is 30.7 Å². The molecular weight excluding hydrogens is 266 g/mol. The van der Waals surface area contributed by atoms with Crippen LogP contribution in [0.4, 0.5) is 11.5 Å². The smallest absolute Gasteiger partial charge is 0.336 e. The van der Waals surface area contributed by atoms with Crippen molar-refractivity contribution in [2.45, 2.75) is 6.92 Å². The molecule has 0 aliphatic carbocycles. The largest absolute Gasteiger partial charge is 0.478 e. The molecule has 0 atom stereocenters. The highest BCUT2D eigenvalue weighted by Gasteiger charge is 2.12. The van der Waals surface area contributed by atoms with Crippen LogP contribution in [-0.4, -0.2) is 21.0 Å². The molecule has 0 unspecified atom stereocenters. The number of benzene rings is 1. The summed E-state index contributed by atoms with van der Waals surface area (Å²) >= 11 is 0. The normalized spacial score (nSPS) is 10.5. The first-order valence-corrected chi connectivity index (χ1v) is 6.46. The molecule has 0 amide bonds. The van der Waals surface area contributed by atoms with Crippen molar-refractivity contribution in [1.82, 2.24) is 9.97 Å². The lowest BCUT2D eigenvalue weighted by Crippen LogP contribution is -2.03. The lowest BCUT2D eigenvalue weighted by molar-refractivity contribution is 0.0699. The van der Waals surface area contributed by atoms with E-state index in [1.54, 1.807) is 30.6 Å². The topological polar surface area (TPSA) is 75.1 Å². The number of nitrogens with one attached hydrogen (secondary N) is 1. The molecule has 3 rings (SSSR count). The van der Waals surface area contributed by atoms with Gasteiger partial charge in [0.1, 0.15) is 5.82 Å². The van der Waals surface area contributed by atoms with Crippen LogP contribution in [0.3, 0.4) is 0 Å². The minimum Gasteiger partial charge on any atom is -0.478 e. The minimum absolute atomic E-state index is 0.227. The second-order valence-electron chi connectivity index (χ2n) is 4.69. The Balaban J connectivity index is 2.11. The molecule has 0 saturated heterocycles. The number of pyridine rings is 2. The summed E-state index contributed by atoms with van der Waals surface area (Å²) < 4.78 is 0. The van der Waals surface area contributed by atoms with E-state index in [4.69, 9.17) is 0 Å². The Morgan fingerprint density at radius 2 is 2.05 bits per heavy atom. The number of aromatic nitrogens is 2. The molecule has 0 radical (unpaired) electrons. The highest BCUT2D eigenvalue weighted by atomic mass is 16.4. The summed E-state index contributed by atoms with van der Waals surface area (Å²) in [6.45, 7) is 1.95. The predicted octanol–water partition coefficient (Wildman–Crippen LogP) is 3.38. The molecule has 5 nitrogen and oxygen atoms in total. The van der Waals surface area contributed by atoms with Crippen molar-refractivity contribution >= 4 is 28.4 Å². The Labute approximate surface area is 121 Å². The van der Waals surface area contributed by atoms with Crippen LogP contribution < -0.4 is 5.32 Å². The molecule has 0 bridgehead atoms. The number of para-hydroxylation sites is 1. The van der Waals surface area contributed by atoms with E-state index < -0.39 is 5.97 Å². The maximum absolute atomic E-state index is 11.4. The Hall–Kier alpha value is -2.95. The van der Waals surface area contributed by atoms with E-state index in [-0.39, 0.29) is 5.56 Å². The lowest BCUT2D eigenvalue weighted by Gasteiger charge is -2.10. The molecule has 3 aromatic rings. The second-order valence-corrected chi connectivity index (χ2v) is 4.69. The number of aromatic carboxylic acids is 1. The Morgan fingerprint density at radius 3 is 2.81 bits per heavy atom. The number of nitrogens with zero attached hydrogens (tertiary/aromatic N) is 2. The van der Waals surface area contributed by atoms with Crippen molar-refractivity contribution in [2.75, 3.05) is 5.32 Å². The summed E-state index contributed by atoms with van der Waals surface area (Å²) in [7, 11) is 0. The van der Waals surface area contributed by atoms with Gasteiger partial charge in [0, 0.05) is 11.6 Å². The van der Waals surface area contributed by atoms with Gasteiger partial charge in [0.25, 0.3) is 0 Å². The van der Waals surface area contributed by atoms with E-state index in [9.17, 15) is 9.90 Å². The van der Waals surface area contributed by atoms with Gasteiger partial charge in [0.05, 0.1) is 23.0 Å². The number of carboxylic acids is 1. The van der Waals surface area contributed by atoms with Crippen LogP contribution in [-0.2, 0) is 0 Å². The summed E-state index contributed by atoms with van der Waals surface area (Å²) in [5, 5.41) is 13.1. The molecule has 2 heterocycles. The summed E-state index contributed by atoms with van der Waals surface area (Å²) in [5.41, 5.74) is 2.68. The third-order valence-corrected chi connectivity index (χ3v) is 3.25. The fourth-order valence-electron chi connectivity index (χ4n) is 2.15. The minimum atomic E-state index is -0.973. The number of hydrogen-bond acceptors (Lipinski definition) is 4. The standard InChI is InChI=1S/C16H13N3O2/c1-10-6-7-17-9-14(10)19-15-8-12(16(20)21)11-4-2-3-5-13(11)18-15/h2-9H,1H3,(H,18,19)(H,20,21). The van der Waals surface area contributed by atoms with Gasteiger partial charge < -0.3 is 10.4 Å². The van der Waals surface area contributed by atoms with E-state index in [0.29, 0.717) is 16.7 Å². The van der Waals surface area contributed by atoms with Crippen LogP contribution in [0, 0.1) is 6.92 Å². The van der Waals surface area contributed by atoms with Gasteiger partial charge in [0.15, 0.2) is 0 Å². The van der Waals surface area contributed by atoms with Crippen molar-refractivity contribution in [2.24, 2.45) is 0 Å². The zero-order valence-electron chi connectivity index (χ0n) is 11.4. The quantitative estimate of drug-likeness (QED) is 0.768. The number of anilines is 2. The molecular formula is C16H13N3O2. The van der Waals surface area contributed by atoms with Gasteiger partial charge in [-0.15, -0.1) is 0 Å². The number of rotatable bonds is 3. The highest BCUT2D eigenvalue weighted by Crippen LogP contribution is 2.24. The van der Waals surface area contributed by atoms with Crippen molar-refractivity contribution in [3.63, 3.8) is 0 Å². The van der Waals surface area contributed by atoms with Crippen molar-refractivity contribution in [3.8, 4) is 0 Å². The highest BCUT2D eigenvalue weighted by molar-refractivity contribution is 6.03. The molecule has 5 heteroatoms. The Bertz CT molecular complexity index is 831. The third-order valence-electron chi connectivity index (χ3n) is 3.25. The maximum atomic E-state index is 11.4. The molecule has 2 N–H and O–H groups in total. The zero-order chi connectivity index (χ0) is 14.8. The van der Waals surface area contributed by atoms with Crippen LogP contribution in [0.2, 0.25) is 0 Å². The third kappa shape index (κ3) is 2.53. The molecule has 0 fully saturated rings. The first-order chi connectivity index (χ1) is 10.1. The number of carboxylic acid groups (broad SMARTS) is 1. The SMILES string of the molecule is Cc1ccncc1Nc1cc(C(=O)O)c2ccccc2n1. The van der Waals surface area contributed by atoms with E-state index >= 15 is 0 Å². The van der Waals surface area contributed by atoms with Gasteiger partial charge >= 0.3 is 5.97 Å². The Morgan fingerprint density at radius 1 is 1.24 bits per heavy atom. The summed E-state index contributed by atoms with van der Waals surface area (Å²) in [4.78, 5) is 19.9. The van der Waals surface area contributed by atoms with Gasteiger partial charge in [-0.2, -0.15) is 0 Å². The Kier molecular flexibility index (Phi) is 3.23. The van der Waals surface area contributed by atoms with Crippen LogP contribution in [0.15, 0.2) is 48.8 Å². The van der Waals surface area contributed by atoms with Gasteiger partial charge in [-0.1, -0.05) is 18.2 Å². The molecule has 21 heavy (non-hydrogen) atoms. The first-order valence-electron chi connectivity index (χ1n) is 6.46. The molecule has 0 saturated carbocycles. The maximum Gasteiger partial charge on any atom is 0.336 e. The number of carbonyl (C=O) groups is 1. The summed E-state index contributed by atoms with van der Waals surface area (Å²) in [6.07, 6.45) is 3.39. The molecule has 0 spiro atoms. The zero-order valence-corrected chi connectivity index (χ0v) is 11.4. The lowest BCUT2D eigenvalue weighted by atomic mass is 10.1. The predicted molar refractivity (Wildman–Crippen MR) is 81.0 cm³/mol. The van der Waals surface area contributed by atoms with Crippen molar-refractivity contribution < 1.29 is 9.90 Å². The fraction of sp³-hybridized carbons (Fsp3) is 0.0625. The van der Waals surface area contributed by atoms with Crippen LogP contribution in [0.5, 0.6) is 0 Å². The van der Waals surface area contributed by atoms with Gasteiger partial charge in [0.2, 0.25) is 0 Å². The molecule has 2 aromatic heterocycles. The number of aryl methyl sites for hydroxylation is 1. The monoisotopic (exact) mass is 279 g/mol. The van der Waals surface area contributed by atoms with Crippen LogP contribution in [0.1, 0.15) is 15.9 Å². The van der Waals surface area contributed by atoms with Gasteiger partial charge in [-0.25, -0.2) is 9.78 Å². The van der Waals surface area contributed by atoms with E-state index in [0.717, 1.165) is 11.3 Å². The first kappa shape index (κ1) is 13.1. The number of fused-ring (bicyclic) bond motifs is 1. The molecule has 0 aliphatic rings. The van der Waals surface area contributed by atoms with Gasteiger partial charge in [-0.3, -0.25) is 4.98 Å². The number of hydrogen-bond donors (Lipinski definition) is 2. The average Bonchev–Trinajstić information content (AvgIpc) is 2.48. The van der Waals surface area contributed by atoms with E-state index in [1.807, 2.05) is 19.1 Å². The fourth-order valence-corrected chi connectivity index (χ4v) is 2.15. The molecule has 104 valence electrons. The summed E-state index contributed by atoms with van der Waals surface area (Å²) in [6, 6.07) is 10.6. The van der Waals surface area contributed by atoms with Crippen molar-refractivity contribution in [3.05, 3.63) is 59.9 Å². The second kappa shape index (κ2) is 5.20. The van der Waals surface area contributed by atoms with E-state index in [1.165, 1.54) is 6.07 Å². The van der Waals surface area contributed by atoms with E-state index in [2.05, 4.69) is 15.3 Å². The molecule has 0 aliphatic heterocycles. The summed E-state index contributed by atoms with van der Waals surface area (Å²) in [5.74, 6) is -0.484. The van der Waals surface area contributed by atoms with Crippen molar-refractivity contribution in [1.29, 1.82) is 0 Å². The van der Waals surface area contributed by atoms with Crippen LogP contribution in [0.25, 0.3) is 10.9 Å². The average molecular weight is 279 g/mol. The molecule has 1 aromatic carbocycles. The van der Waals surface area contributed by atoms with Crippen LogP contribution >= 0.6 is 0 Å².